The van der Waals surface area contributed by atoms with Gasteiger partial charge in [0.2, 0.25) is 6.79 Å². The van der Waals surface area contributed by atoms with Crippen molar-refractivity contribution in [3.8, 4) is 11.5 Å². The highest BCUT2D eigenvalue weighted by Crippen LogP contribution is 2.44. The van der Waals surface area contributed by atoms with Crippen molar-refractivity contribution >= 4 is 11.9 Å². The van der Waals surface area contributed by atoms with Gasteiger partial charge in [-0.3, -0.25) is 4.79 Å². The van der Waals surface area contributed by atoms with E-state index < -0.39 is 18.0 Å². The molecule has 41 heavy (non-hydrogen) atoms. The molecule has 4 aliphatic heterocycles. The Morgan fingerprint density at radius 1 is 1.10 bits per heavy atom. The number of carbonyl (C=O) groups excluding carboxylic acids is 2. The summed E-state index contributed by atoms with van der Waals surface area (Å²) in [5.41, 5.74) is 1.25. The van der Waals surface area contributed by atoms with Crippen molar-refractivity contribution in [2.24, 2.45) is 0 Å². The normalized spacial score (nSPS) is 29.1. The minimum atomic E-state index is -0.995. The number of hydrogen-bond acceptors (Lipinski definition) is 9. The Labute approximate surface area is 241 Å². The SMILES string of the molecule is CC(=O)OC1CC(CC(O)CCCCCC/C=C/CCc2ccc3c(c2)OCO3)OC2(C1)CC1OC(=O)C=CC1O2. The van der Waals surface area contributed by atoms with Crippen LogP contribution in [0.4, 0.5) is 0 Å². The minimum absolute atomic E-state index is 0.306. The fraction of sp³-hybridized carbons (Fsp3) is 0.625. The lowest BCUT2D eigenvalue weighted by molar-refractivity contribution is -0.286. The average molecular weight is 571 g/mol. The second kappa shape index (κ2) is 13.9. The van der Waals surface area contributed by atoms with Gasteiger partial charge in [-0.2, -0.15) is 0 Å². The summed E-state index contributed by atoms with van der Waals surface area (Å²) in [6.07, 6.45) is 15.3. The van der Waals surface area contributed by atoms with E-state index in [4.69, 9.17) is 28.4 Å². The smallest absolute Gasteiger partial charge is 0.330 e. The van der Waals surface area contributed by atoms with Crippen LogP contribution in [0, 0.1) is 0 Å². The van der Waals surface area contributed by atoms with Gasteiger partial charge in [0.05, 0.1) is 12.2 Å². The Morgan fingerprint density at radius 2 is 1.93 bits per heavy atom. The molecule has 1 aromatic carbocycles. The third-order valence-corrected chi connectivity index (χ3v) is 8.09. The van der Waals surface area contributed by atoms with Crippen LogP contribution in [0.3, 0.4) is 0 Å². The van der Waals surface area contributed by atoms with Crippen LogP contribution in [0.5, 0.6) is 11.5 Å². The number of aliphatic hydroxyl groups is 1. The molecule has 9 heteroatoms. The van der Waals surface area contributed by atoms with Crippen molar-refractivity contribution in [1.82, 2.24) is 0 Å². The lowest BCUT2D eigenvalue weighted by Gasteiger charge is -2.41. The van der Waals surface area contributed by atoms with Crippen molar-refractivity contribution in [2.45, 2.75) is 120 Å². The topological polar surface area (TPSA) is 110 Å². The molecule has 6 atom stereocenters. The Balaban J connectivity index is 0.968. The van der Waals surface area contributed by atoms with Gasteiger partial charge in [-0.25, -0.2) is 4.79 Å². The number of benzene rings is 1. The molecule has 0 radical (unpaired) electrons. The third-order valence-electron chi connectivity index (χ3n) is 8.09. The quantitative estimate of drug-likeness (QED) is 0.197. The van der Waals surface area contributed by atoms with Gasteiger partial charge >= 0.3 is 11.9 Å². The first-order valence-electron chi connectivity index (χ1n) is 15.0. The van der Waals surface area contributed by atoms with Gasteiger partial charge in [0, 0.05) is 32.3 Å². The number of fused-ring (bicyclic) bond motifs is 2. The van der Waals surface area contributed by atoms with Crippen molar-refractivity contribution in [2.75, 3.05) is 6.79 Å². The van der Waals surface area contributed by atoms with Crippen molar-refractivity contribution in [3.05, 3.63) is 48.1 Å². The number of aryl methyl sites for hydroxylation is 1. The van der Waals surface area contributed by atoms with E-state index in [1.807, 2.05) is 6.07 Å². The molecule has 0 aromatic heterocycles. The van der Waals surface area contributed by atoms with Gasteiger partial charge in [0.1, 0.15) is 18.3 Å². The summed E-state index contributed by atoms with van der Waals surface area (Å²) in [5.74, 6) is -0.0768. The van der Waals surface area contributed by atoms with Gasteiger partial charge in [0.25, 0.3) is 0 Å². The Bertz CT molecular complexity index is 1110. The zero-order valence-corrected chi connectivity index (χ0v) is 23.8. The first kappa shape index (κ1) is 29.6. The van der Waals surface area contributed by atoms with Crippen LogP contribution in [0.1, 0.15) is 83.1 Å². The largest absolute Gasteiger partial charge is 0.462 e. The third kappa shape index (κ3) is 8.33. The molecule has 9 nitrogen and oxygen atoms in total. The average Bonchev–Trinajstić information content (AvgIpc) is 3.52. The summed E-state index contributed by atoms with van der Waals surface area (Å²) >= 11 is 0. The summed E-state index contributed by atoms with van der Waals surface area (Å²) in [6, 6.07) is 6.13. The summed E-state index contributed by atoms with van der Waals surface area (Å²) < 4.78 is 34.3. The summed E-state index contributed by atoms with van der Waals surface area (Å²) in [5, 5.41) is 10.8. The molecule has 2 fully saturated rings. The van der Waals surface area contributed by atoms with Crippen LogP contribution >= 0.6 is 0 Å². The zero-order chi connectivity index (χ0) is 28.7. The van der Waals surface area contributed by atoms with Crippen LogP contribution < -0.4 is 9.47 Å². The van der Waals surface area contributed by atoms with E-state index in [1.54, 1.807) is 6.08 Å². The lowest BCUT2D eigenvalue weighted by atomic mass is 9.91. The fourth-order valence-electron chi connectivity index (χ4n) is 6.23. The molecule has 0 amide bonds. The molecular formula is C32H42O9. The van der Waals surface area contributed by atoms with Crippen molar-refractivity contribution in [1.29, 1.82) is 0 Å². The minimum Gasteiger partial charge on any atom is -0.462 e. The summed E-state index contributed by atoms with van der Waals surface area (Å²) in [7, 11) is 0. The van der Waals surface area contributed by atoms with E-state index in [9.17, 15) is 14.7 Å². The van der Waals surface area contributed by atoms with Crippen LogP contribution in [0.25, 0.3) is 0 Å². The molecule has 4 aliphatic rings. The number of carbonyl (C=O) groups is 2. The number of allylic oxidation sites excluding steroid dienone is 2. The van der Waals surface area contributed by atoms with Gasteiger partial charge in [-0.05, 0) is 62.3 Å². The number of hydrogen-bond donors (Lipinski definition) is 1. The van der Waals surface area contributed by atoms with Crippen LogP contribution in [0.15, 0.2) is 42.5 Å². The van der Waals surface area contributed by atoms with E-state index in [0.717, 1.165) is 56.4 Å². The second-order valence-corrected chi connectivity index (χ2v) is 11.5. The first-order chi connectivity index (χ1) is 19.9. The second-order valence-electron chi connectivity index (χ2n) is 11.5. The van der Waals surface area contributed by atoms with Gasteiger partial charge in [-0.1, -0.05) is 37.5 Å². The molecule has 1 spiro atoms. The monoisotopic (exact) mass is 570 g/mol. The molecule has 0 aliphatic carbocycles. The Kier molecular flexibility index (Phi) is 10.0. The maximum absolute atomic E-state index is 11.7. The fourth-order valence-corrected chi connectivity index (χ4v) is 6.23. The molecule has 0 bridgehead atoms. The van der Waals surface area contributed by atoms with E-state index in [-0.39, 0.29) is 30.3 Å². The van der Waals surface area contributed by atoms with E-state index in [1.165, 1.54) is 18.6 Å². The van der Waals surface area contributed by atoms with Crippen molar-refractivity contribution in [3.63, 3.8) is 0 Å². The van der Waals surface area contributed by atoms with E-state index >= 15 is 0 Å². The molecule has 1 aromatic rings. The number of aliphatic hydroxyl groups excluding tert-OH is 1. The molecule has 5 rings (SSSR count). The molecular weight excluding hydrogens is 528 g/mol. The predicted octanol–water partition coefficient (Wildman–Crippen LogP) is 5.07. The van der Waals surface area contributed by atoms with E-state index in [2.05, 4.69) is 24.3 Å². The summed E-state index contributed by atoms with van der Waals surface area (Å²) in [6.45, 7) is 1.70. The molecule has 1 N–H and O–H groups in total. The number of rotatable bonds is 13. The molecule has 6 unspecified atom stereocenters. The van der Waals surface area contributed by atoms with Crippen LogP contribution in [0.2, 0.25) is 0 Å². The first-order valence-corrected chi connectivity index (χ1v) is 15.0. The van der Waals surface area contributed by atoms with Gasteiger partial charge < -0.3 is 33.5 Å². The molecule has 0 saturated carbocycles. The maximum Gasteiger partial charge on any atom is 0.330 e. The maximum atomic E-state index is 11.7. The molecule has 4 heterocycles. The number of esters is 2. The van der Waals surface area contributed by atoms with Gasteiger partial charge in [0.15, 0.2) is 17.3 Å². The molecule has 224 valence electrons. The lowest BCUT2D eigenvalue weighted by Crippen LogP contribution is -2.48. The van der Waals surface area contributed by atoms with Crippen LogP contribution in [-0.2, 0) is 35.0 Å². The van der Waals surface area contributed by atoms with Gasteiger partial charge in [-0.15, -0.1) is 0 Å². The molecule has 2 saturated heterocycles. The number of ether oxygens (including phenoxy) is 6. The zero-order valence-electron chi connectivity index (χ0n) is 23.8. The highest BCUT2D eigenvalue weighted by atomic mass is 16.7. The summed E-state index contributed by atoms with van der Waals surface area (Å²) in [4.78, 5) is 23.4. The van der Waals surface area contributed by atoms with E-state index in [0.29, 0.717) is 38.9 Å². The standard InChI is InChI=1S/C32H42O9/c1-22(33)38-26-18-25(40-32(19-26)20-30-28(41-32)14-15-31(35)39-30)17-24(34)11-9-7-5-3-2-4-6-8-10-23-12-13-27-29(16-23)37-21-36-27/h4,6,12-16,24-26,28,30,34H,2-3,5,7-11,17-21H2,1H3/b6-4+. The van der Waals surface area contributed by atoms with Crippen LogP contribution in [-0.4, -0.2) is 60.1 Å². The Hall–Kier alpha value is -2.88. The van der Waals surface area contributed by atoms with Crippen molar-refractivity contribution < 1.29 is 43.1 Å². The highest BCUT2D eigenvalue weighted by molar-refractivity contribution is 5.83. The highest BCUT2D eigenvalue weighted by Gasteiger charge is 2.54. The predicted molar refractivity (Wildman–Crippen MR) is 149 cm³/mol. The Morgan fingerprint density at radius 3 is 2.80 bits per heavy atom. The number of unbranched alkanes of at least 4 members (excludes halogenated alkanes) is 4.